The van der Waals surface area contributed by atoms with E-state index in [0.717, 1.165) is 10.9 Å². The Morgan fingerprint density at radius 2 is 1.95 bits per heavy atom. The summed E-state index contributed by atoms with van der Waals surface area (Å²) in [7, 11) is 0. The summed E-state index contributed by atoms with van der Waals surface area (Å²) in [6, 6.07) is 7.47. The number of benzene rings is 1. The average Bonchev–Trinajstić information content (AvgIpc) is 2.79. The number of aromatic nitrogens is 1. The SMILES string of the molecule is CC(CC(=O)O)NC(=O)c1cc2ccc(C(C)(C)C)cc2[nH]1. The maximum Gasteiger partial charge on any atom is 0.305 e. The first kappa shape index (κ1) is 16.1. The van der Waals surface area contributed by atoms with E-state index in [1.807, 2.05) is 12.1 Å². The minimum Gasteiger partial charge on any atom is -0.481 e. The predicted molar refractivity (Wildman–Crippen MR) is 86.2 cm³/mol. The molecule has 0 aliphatic heterocycles. The maximum atomic E-state index is 12.2. The van der Waals surface area contributed by atoms with Crippen molar-refractivity contribution in [3.63, 3.8) is 0 Å². The first-order valence-electron chi connectivity index (χ1n) is 7.33. The van der Waals surface area contributed by atoms with E-state index in [1.165, 1.54) is 5.56 Å². The van der Waals surface area contributed by atoms with Crippen LogP contribution in [0.3, 0.4) is 0 Å². The predicted octanol–water partition coefficient (Wildman–Crippen LogP) is 3.06. The number of carboxylic acid groups (broad SMARTS) is 1. The molecule has 1 atom stereocenters. The molecule has 0 aliphatic carbocycles. The summed E-state index contributed by atoms with van der Waals surface area (Å²) in [5, 5.41) is 12.4. The van der Waals surface area contributed by atoms with Crippen LogP contribution in [0.25, 0.3) is 10.9 Å². The molecule has 3 N–H and O–H groups in total. The van der Waals surface area contributed by atoms with Crippen LogP contribution in [0.5, 0.6) is 0 Å². The zero-order valence-corrected chi connectivity index (χ0v) is 13.4. The fourth-order valence-corrected chi connectivity index (χ4v) is 2.33. The number of fused-ring (bicyclic) bond motifs is 1. The topological polar surface area (TPSA) is 82.2 Å². The lowest BCUT2D eigenvalue weighted by atomic mass is 9.87. The van der Waals surface area contributed by atoms with Gasteiger partial charge in [-0.1, -0.05) is 32.9 Å². The summed E-state index contributed by atoms with van der Waals surface area (Å²) >= 11 is 0. The molecular weight excluding hydrogens is 280 g/mol. The number of rotatable bonds is 4. The minimum absolute atomic E-state index is 0.0394. The molecule has 22 heavy (non-hydrogen) atoms. The molecule has 2 aromatic rings. The Bertz CT molecular complexity index is 710. The van der Waals surface area contributed by atoms with Crippen LogP contribution < -0.4 is 5.32 Å². The Morgan fingerprint density at radius 1 is 1.27 bits per heavy atom. The van der Waals surface area contributed by atoms with E-state index in [0.29, 0.717) is 5.69 Å². The van der Waals surface area contributed by atoms with Crippen LogP contribution in [0.1, 0.15) is 50.2 Å². The van der Waals surface area contributed by atoms with Crippen molar-refractivity contribution in [2.45, 2.75) is 45.6 Å². The van der Waals surface area contributed by atoms with Gasteiger partial charge in [0.05, 0.1) is 6.42 Å². The van der Waals surface area contributed by atoms with Crippen molar-refractivity contribution in [1.82, 2.24) is 10.3 Å². The Kier molecular flexibility index (Phi) is 4.26. The normalized spacial score (nSPS) is 13.1. The van der Waals surface area contributed by atoms with Gasteiger partial charge in [-0.2, -0.15) is 0 Å². The highest BCUT2D eigenvalue weighted by molar-refractivity contribution is 5.98. The van der Waals surface area contributed by atoms with E-state index in [1.54, 1.807) is 13.0 Å². The third kappa shape index (κ3) is 3.67. The van der Waals surface area contributed by atoms with Gasteiger partial charge in [-0.3, -0.25) is 9.59 Å². The average molecular weight is 302 g/mol. The fourth-order valence-electron chi connectivity index (χ4n) is 2.33. The van der Waals surface area contributed by atoms with Gasteiger partial charge in [-0.15, -0.1) is 0 Å². The number of carboxylic acids is 1. The van der Waals surface area contributed by atoms with Gasteiger partial charge in [-0.05, 0) is 30.0 Å². The highest BCUT2D eigenvalue weighted by atomic mass is 16.4. The minimum atomic E-state index is -0.931. The van der Waals surface area contributed by atoms with E-state index >= 15 is 0 Å². The van der Waals surface area contributed by atoms with Gasteiger partial charge in [0.15, 0.2) is 0 Å². The van der Waals surface area contributed by atoms with Crippen LogP contribution in [-0.2, 0) is 10.2 Å². The number of carbonyl (C=O) groups excluding carboxylic acids is 1. The summed E-state index contributed by atoms with van der Waals surface area (Å²) in [6.07, 6.45) is -0.0971. The van der Waals surface area contributed by atoms with Gasteiger partial charge < -0.3 is 15.4 Å². The number of H-pyrrole nitrogens is 1. The molecular formula is C17H22N2O3. The smallest absolute Gasteiger partial charge is 0.305 e. The molecule has 0 saturated heterocycles. The van der Waals surface area contributed by atoms with Crippen molar-refractivity contribution in [1.29, 1.82) is 0 Å². The fraction of sp³-hybridized carbons (Fsp3) is 0.412. The molecule has 0 saturated carbocycles. The van der Waals surface area contributed by atoms with Crippen LogP contribution >= 0.6 is 0 Å². The molecule has 1 unspecified atom stereocenters. The molecule has 2 rings (SSSR count). The molecule has 118 valence electrons. The quantitative estimate of drug-likeness (QED) is 0.811. The monoisotopic (exact) mass is 302 g/mol. The van der Waals surface area contributed by atoms with Crippen LogP contribution in [0, 0.1) is 0 Å². The Morgan fingerprint density at radius 3 is 2.55 bits per heavy atom. The largest absolute Gasteiger partial charge is 0.481 e. The standard InChI is InChI=1S/C17H22N2O3/c1-10(7-15(20)21)18-16(22)14-8-11-5-6-12(17(2,3)4)9-13(11)19-14/h5-6,8-10,19H,7H2,1-4H3,(H,18,22)(H,20,21). The van der Waals surface area contributed by atoms with Crippen LogP contribution in [0.4, 0.5) is 0 Å². The van der Waals surface area contributed by atoms with E-state index in [9.17, 15) is 9.59 Å². The second-order valence-corrected chi connectivity index (χ2v) is 6.71. The second kappa shape index (κ2) is 5.83. The van der Waals surface area contributed by atoms with Crippen molar-refractivity contribution in [3.8, 4) is 0 Å². The van der Waals surface area contributed by atoms with Crippen LogP contribution in [0.15, 0.2) is 24.3 Å². The van der Waals surface area contributed by atoms with Gasteiger partial charge >= 0.3 is 5.97 Å². The van der Waals surface area contributed by atoms with Crippen molar-refractivity contribution >= 4 is 22.8 Å². The van der Waals surface area contributed by atoms with Crippen LogP contribution in [-0.4, -0.2) is 28.0 Å². The Labute approximate surface area is 129 Å². The molecule has 0 radical (unpaired) electrons. The zero-order valence-electron chi connectivity index (χ0n) is 13.4. The summed E-state index contributed by atoms with van der Waals surface area (Å²) in [4.78, 5) is 25.9. The van der Waals surface area contributed by atoms with Crippen molar-refractivity contribution in [3.05, 3.63) is 35.5 Å². The number of carbonyl (C=O) groups is 2. The Balaban J connectivity index is 2.22. The number of hydrogen-bond acceptors (Lipinski definition) is 2. The molecule has 5 heteroatoms. The van der Waals surface area contributed by atoms with Crippen molar-refractivity contribution in [2.75, 3.05) is 0 Å². The van der Waals surface area contributed by atoms with Gasteiger partial charge in [0, 0.05) is 16.9 Å². The molecule has 5 nitrogen and oxygen atoms in total. The third-order valence-corrected chi connectivity index (χ3v) is 3.59. The number of amides is 1. The zero-order chi connectivity index (χ0) is 16.5. The lowest BCUT2D eigenvalue weighted by Crippen LogP contribution is -2.34. The van der Waals surface area contributed by atoms with E-state index in [4.69, 9.17) is 5.11 Å². The molecule has 0 spiro atoms. The molecule has 0 bridgehead atoms. The molecule has 1 amide bonds. The summed E-state index contributed by atoms with van der Waals surface area (Å²) < 4.78 is 0. The lowest BCUT2D eigenvalue weighted by Gasteiger charge is -2.18. The lowest BCUT2D eigenvalue weighted by molar-refractivity contribution is -0.137. The number of nitrogens with one attached hydrogen (secondary N) is 2. The van der Waals surface area contributed by atoms with Crippen LogP contribution in [0.2, 0.25) is 0 Å². The first-order valence-corrected chi connectivity index (χ1v) is 7.33. The van der Waals surface area contributed by atoms with E-state index in [-0.39, 0.29) is 17.7 Å². The van der Waals surface area contributed by atoms with Crippen molar-refractivity contribution in [2.24, 2.45) is 0 Å². The molecule has 1 heterocycles. The van der Waals surface area contributed by atoms with Gasteiger partial charge in [0.1, 0.15) is 5.69 Å². The summed E-state index contributed by atoms with van der Waals surface area (Å²) in [5.41, 5.74) is 2.58. The van der Waals surface area contributed by atoms with Gasteiger partial charge in [0.2, 0.25) is 0 Å². The number of aromatic amines is 1. The van der Waals surface area contributed by atoms with Gasteiger partial charge in [0.25, 0.3) is 5.91 Å². The number of aliphatic carboxylic acids is 1. The van der Waals surface area contributed by atoms with E-state index < -0.39 is 12.0 Å². The maximum absolute atomic E-state index is 12.2. The molecule has 0 fully saturated rings. The van der Waals surface area contributed by atoms with E-state index in [2.05, 4.69) is 37.1 Å². The van der Waals surface area contributed by atoms with Gasteiger partial charge in [-0.25, -0.2) is 0 Å². The Hall–Kier alpha value is -2.30. The highest BCUT2D eigenvalue weighted by Gasteiger charge is 2.17. The molecule has 1 aromatic carbocycles. The first-order chi connectivity index (χ1) is 10.2. The molecule has 1 aromatic heterocycles. The number of hydrogen-bond donors (Lipinski definition) is 3. The van der Waals surface area contributed by atoms with Crippen molar-refractivity contribution < 1.29 is 14.7 Å². The highest BCUT2D eigenvalue weighted by Crippen LogP contribution is 2.26. The third-order valence-electron chi connectivity index (χ3n) is 3.59. The summed E-state index contributed by atoms with van der Waals surface area (Å²) in [6.45, 7) is 8.08. The summed E-state index contributed by atoms with van der Waals surface area (Å²) in [5.74, 6) is -1.22. The molecule has 0 aliphatic rings. The second-order valence-electron chi connectivity index (χ2n) is 6.71.